The summed E-state index contributed by atoms with van der Waals surface area (Å²) in [6, 6.07) is 11.3. The van der Waals surface area contributed by atoms with Crippen LogP contribution in [0.3, 0.4) is 0 Å². The van der Waals surface area contributed by atoms with E-state index in [1.54, 1.807) is 0 Å². The fraction of sp³-hybridized carbons (Fsp3) is 0.348. The van der Waals surface area contributed by atoms with Crippen molar-refractivity contribution in [1.82, 2.24) is 0 Å². The third kappa shape index (κ3) is 5.36. The molecule has 1 aromatic heterocycles. The van der Waals surface area contributed by atoms with Crippen molar-refractivity contribution in [3.8, 4) is 5.75 Å². The molecule has 3 aromatic rings. The van der Waals surface area contributed by atoms with Gasteiger partial charge >= 0.3 is 12.6 Å². The van der Waals surface area contributed by atoms with E-state index in [0.29, 0.717) is 17.8 Å². The monoisotopic (exact) mass is 418 g/mol. The van der Waals surface area contributed by atoms with Crippen LogP contribution in [0.15, 0.2) is 40.8 Å². The lowest BCUT2D eigenvalue weighted by molar-refractivity contribution is -0.137. The van der Waals surface area contributed by atoms with Crippen molar-refractivity contribution in [2.24, 2.45) is 0 Å². The lowest BCUT2D eigenvalue weighted by Crippen LogP contribution is -2.03. The zero-order valence-electron chi connectivity index (χ0n) is 16.9. The summed E-state index contributed by atoms with van der Waals surface area (Å²) in [6.45, 7) is 1.28. The standard InChI is InChI=1S/C23H24F2O5/c1-14-15(2)20(8-6-16(14)7-9-21(26)27)29-13-18-5-3-4-17-12-19(30-22(17)18)10-11-28-23(24)25/h3-6,8,12,23H,7,9-11,13H2,1-2H3,(H,26,27). The van der Waals surface area contributed by atoms with Crippen molar-refractivity contribution in [2.75, 3.05) is 6.61 Å². The Balaban J connectivity index is 1.71. The number of benzene rings is 2. The molecule has 7 heteroatoms. The quantitative estimate of drug-likeness (QED) is 0.476. The number of halogens is 2. The van der Waals surface area contributed by atoms with Gasteiger partial charge in [0.2, 0.25) is 0 Å². The molecule has 160 valence electrons. The van der Waals surface area contributed by atoms with Gasteiger partial charge in [-0.3, -0.25) is 4.79 Å². The van der Waals surface area contributed by atoms with Gasteiger partial charge in [0.1, 0.15) is 23.7 Å². The minimum absolute atomic E-state index is 0.0890. The summed E-state index contributed by atoms with van der Waals surface area (Å²) < 4.78 is 40.4. The molecule has 30 heavy (non-hydrogen) atoms. The lowest BCUT2D eigenvalue weighted by atomic mass is 9.99. The van der Waals surface area contributed by atoms with Crippen LogP contribution in [0, 0.1) is 13.8 Å². The van der Waals surface area contributed by atoms with Crippen LogP contribution in [0.1, 0.15) is 34.4 Å². The number of rotatable bonds is 10. The average molecular weight is 418 g/mol. The number of aryl methyl sites for hydroxylation is 1. The van der Waals surface area contributed by atoms with E-state index in [0.717, 1.165) is 33.4 Å². The SMILES string of the molecule is Cc1c(CCC(=O)O)ccc(OCc2cccc3cc(CCOC(F)F)oc23)c1C. The van der Waals surface area contributed by atoms with Gasteiger partial charge in [0.15, 0.2) is 0 Å². The van der Waals surface area contributed by atoms with Crippen LogP contribution in [-0.2, 0) is 29.0 Å². The van der Waals surface area contributed by atoms with Gasteiger partial charge in [-0.15, -0.1) is 0 Å². The Hall–Kier alpha value is -2.93. The number of furan rings is 1. The van der Waals surface area contributed by atoms with E-state index in [1.807, 2.05) is 50.2 Å². The van der Waals surface area contributed by atoms with Crippen molar-refractivity contribution in [1.29, 1.82) is 0 Å². The fourth-order valence-electron chi connectivity index (χ4n) is 3.34. The highest BCUT2D eigenvalue weighted by atomic mass is 19.3. The summed E-state index contributed by atoms with van der Waals surface area (Å²) in [5.41, 5.74) is 4.49. The largest absolute Gasteiger partial charge is 0.488 e. The van der Waals surface area contributed by atoms with Gasteiger partial charge in [-0.05, 0) is 49.1 Å². The smallest absolute Gasteiger partial charge is 0.345 e. The molecule has 1 N–H and O–H groups in total. The summed E-state index contributed by atoms with van der Waals surface area (Å²) in [4.78, 5) is 10.8. The highest BCUT2D eigenvalue weighted by Crippen LogP contribution is 2.28. The highest BCUT2D eigenvalue weighted by Gasteiger charge is 2.12. The summed E-state index contributed by atoms with van der Waals surface area (Å²) in [7, 11) is 0. The maximum Gasteiger partial charge on any atom is 0.345 e. The van der Waals surface area contributed by atoms with Crippen molar-refractivity contribution in [3.05, 3.63) is 64.4 Å². The van der Waals surface area contributed by atoms with Crippen LogP contribution >= 0.6 is 0 Å². The van der Waals surface area contributed by atoms with E-state index in [2.05, 4.69) is 4.74 Å². The number of fused-ring (bicyclic) bond motifs is 1. The first-order valence-corrected chi connectivity index (χ1v) is 9.69. The second-order valence-corrected chi connectivity index (χ2v) is 7.08. The average Bonchev–Trinajstić information content (AvgIpc) is 3.11. The molecule has 0 aliphatic heterocycles. The molecular formula is C23H24F2O5. The maximum absolute atomic E-state index is 12.1. The molecule has 2 aromatic carbocycles. The minimum Gasteiger partial charge on any atom is -0.488 e. The van der Waals surface area contributed by atoms with Crippen molar-refractivity contribution in [2.45, 2.75) is 46.3 Å². The van der Waals surface area contributed by atoms with Crippen LogP contribution in [0.2, 0.25) is 0 Å². The zero-order valence-corrected chi connectivity index (χ0v) is 16.9. The van der Waals surface area contributed by atoms with Gasteiger partial charge in [-0.1, -0.05) is 24.3 Å². The molecule has 0 unspecified atom stereocenters. The van der Waals surface area contributed by atoms with Crippen LogP contribution in [0.4, 0.5) is 8.78 Å². The molecule has 0 saturated carbocycles. The van der Waals surface area contributed by atoms with E-state index in [9.17, 15) is 13.6 Å². The van der Waals surface area contributed by atoms with Gasteiger partial charge < -0.3 is 19.0 Å². The van der Waals surface area contributed by atoms with E-state index >= 15 is 0 Å². The van der Waals surface area contributed by atoms with E-state index in [-0.39, 0.29) is 26.1 Å². The first kappa shape index (κ1) is 21.8. The van der Waals surface area contributed by atoms with Crippen LogP contribution in [0.25, 0.3) is 11.0 Å². The Morgan fingerprint density at radius 3 is 2.63 bits per heavy atom. The molecule has 3 rings (SSSR count). The van der Waals surface area contributed by atoms with E-state index < -0.39 is 12.6 Å². The molecule has 0 spiro atoms. The summed E-state index contributed by atoms with van der Waals surface area (Å²) in [6.07, 6.45) is 0.827. The predicted molar refractivity (Wildman–Crippen MR) is 108 cm³/mol. The minimum atomic E-state index is -2.79. The molecular weight excluding hydrogens is 394 g/mol. The first-order valence-electron chi connectivity index (χ1n) is 9.69. The molecule has 0 fully saturated rings. The van der Waals surface area contributed by atoms with E-state index in [1.165, 1.54) is 0 Å². The number of carboxylic acid groups (broad SMARTS) is 1. The molecule has 0 aliphatic carbocycles. The second-order valence-electron chi connectivity index (χ2n) is 7.08. The summed E-state index contributed by atoms with van der Waals surface area (Å²) >= 11 is 0. The Kier molecular flexibility index (Phi) is 7.05. The molecule has 0 atom stereocenters. The third-order valence-electron chi connectivity index (χ3n) is 5.11. The number of hydrogen-bond donors (Lipinski definition) is 1. The number of hydrogen-bond acceptors (Lipinski definition) is 4. The Morgan fingerprint density at radius 1 is 1.10 bits per heavy atom. The number of ether oxygens (including phenoxy) is 2. The van der Waals surface area contributed by atoms with Crippen LogP contribution in [0.5, 0.6) is 5.75 Å². The molecule has 0 amide bonds. The number of aliphatic carboxylic acids is 1. The fourth-order valence-corrected chi connectivity index (χ4v) is 3.34. The van der Waals surface area contributed by atoms with Gasteiger partial charge in [-0.25, -0.2) is 0 Å². The molecule has 1 heterocycles. The third-order valence-corrected chi connectivity index (χ3v) is 5.11. The Bertz CT molecular complexity index is 1030. The number of para-hydroxylation sites is 1. The molecule has 0 aliphatic rings. The molecule has 5 nitrogen and oxygen atoms in total. The first-order chi connectivity index (χ1) is 14.3. The maximum atomic E-state index is 12.1. The lowest BCUT2D eigenvalue weighted by Gasteiger charge is -2.14. The number of carboxylic acids is 1. The molecule has 0 bridgehead atoms. The topological polar surface area (TPSA) is 68.9 Å². The van der Waals surface area contributed by atoms with Crippen molar-refractivity contribution < 1.29 is 32.6 Å². The highest BCUT2D eigenvalue weighted by molar-refractivity contribution is 5.81. The summed E-state index contributed by atoms with van der Waals surface area (Å²) in [5, 5.41) is 9.76. The van der Waals surface area contributed by atoms with Crippen LogP contribution in [-0.4, -0.2) is 24.3 Å². The second kappa shape index (κ2) is 9.71. The molecule has 0 radical (unpaired) electrons. The molecule has 0 saturated heterocycles. The normalized spacial score (nSPS) is 11.4. The predicted octanol–water partition coefficient (Wildman–Crippen LogP) is 5.43. The Morgan fingerprint density at radius 2 is 1.90 bits per heavy atom. The van der Waals surface area contributed by atoms with Crippen LogP contribution < -0.4 is 4.74 Å². The van der Waals surface area contributed by atoms with Crippen molar-refractivity contribution in [3.63, 3.8) is 0 Å². The van der Waals surface area contributed by atoms with Gasteiger partial charge in [-0.2, -0.15) is 8.78 Å². The number of alkyl halides is 2. The zero-order chi connectivity index (χ0) is 21.7. The summed E-state index contributed by atoms with van der Waals surface area (Å²) in [5.74, 6) is 0.479. The van der Waals surface area contributed by atoms with Gasteiger partial charge in [0, 0.05) is 23.8 Å². The van der Waals surface area contributed by atoms with Gasteiger partial charge in [0.05, 0.1) is 6.61 Å². The van der Waals surface area contributed by atoms with Crippen molar-refractivity contribution >= 4 is 16.9 Å². The number of carbonyl (C=O) groups is 1. The Labute approximate surface area is 173 Å². The van der Waals surface area contributed by atoms with Gasteiger partial charge in [0.25, 0.3) is 0 Å². The van der Waals surface area contributed by atoms with E-state index in [4.69, 9.17) is 14.3 Å².